The third-order valence-corrected chi connectivity index (χ3v) is 2.68. The molecular weight excluding hydrogens is 208 g/mol. The highest BCUT2D eigenvalue weighted by atomic mass is 32.2. The lowest BCUT2D eigenvalue weighted by Crippen LogP contribution is -2.19. The predicted molar refractivity (Wildman–Crippen MR) is 64.8 cm³/mol. The number of hydrogen-bond acceptors (Lipinski definition) is 5. The smallest absolute Gasteiger partial charge is 0.149 e. The molecule has 3 N–H and O–H groups in total. The summed E-state index contributed by atoms with van der Waals surface area (Å²) in [6.45, 7) is 2.07. The molecule has 5 heteroatoms. The van der Waals surface area contributed by atoms with Crippen molar-refractivity contribution >= 4 is 23.3 Å². The van der Waals surface area contributed by atoms with Crippen LogP contribution in [-0.4, -0.2) is 23.0 Å². The number of aromatic nitrogens is 1. The van der Waals surface area contributed by atoms with Crippen LogP contribution < -0.4 is 11.1 Å². The molecule has 0 fully saturated rings. The lowest BCUT2D eigenvalue weighted by molar-refractivity contribution is 0.904. The number of nitrogens with zero attached hydrogens (tertiary/aromatic N) is 2. The van der Waals surface area contributed by atoms with E-state index < -0.39 is 0 Å². The Morgan fingerprint density at radius 1 is 1.73 bits per heavy atom. The fourth-order valence-corrected chi connectivity index (χ4v) is 1.77. The van der Waals surface area contributed by atoms with Gasteiger partial charge in [-0.3, -0.25) is 0 Å². The van der Waals surface area contributed by atoms with Crippen molar-refractivity contribution in [3.8, 4) is 6.07 Å². The summed E-state index contributed by atoms with van der Waals surface area (Å²) >= 11 is 1.76. The van der Waals surface area contributed by atoms with Crippen LogP contribution in [0.1, 0.15) is 12.5 Å². The van der Waals surface area contributed by atoms with Gasteiger partial charge in [0.2, 0.25) is 0 Å². The molecule has 0 aliphatic carbocycles. The molecule has 1 rings (SSSR count). The normalized spacial score (nSPS) is 11.8. The molecule has 1 atom stereocenters. The summed E-state index contributed by atoms with van der Waals surface area (Å²) in [5.74, 6) is 1.64. The van der Waals surface area contributed by atoms with Gasteiger partial charge in [0.15, 0.2) is 0 Å². The van der Waals surface area contributed by atoms with E-state index in [1.54, 1.807) is 17.8 Å². The first-order chi connectivity index (χ1) is 7.17. The Hall–Kier alpha value is -1.41. The van der Waals surface area contributed by atoms with Crippen LogP contribution in [-0.2, 0) is 0 Å². The first-order valence-corrected chi connectivity index (χ1v) is 5.98. The summed E-state index contributed by atoms with van der Waals surface area (Å²) in [6.07, 6.45) is 3.57. The van der Waals surface area contributed by atoms with Crippen LogP contribution in [0, 0.1) is 11.3 Å². The zero-order valence-corrected chi connectivity index (χ0v) is 9.64. The van der Waals surface area contributed by atoms with Gasteiger partial charge in [0.25, 0.3) is 0 Å². The number of anilines is 2. The van der Waals surface area contributed by atoms with Crippen LogP contribution in [0.25, 0.3) is 0 Å². The van der Waals surface area contributed by atoms with Crippen LogP contribution in [0.5, 0.6) is 0 Å². The minimum absolute atomic E-state index is 0.308. The third kappa shape index (κ3) is 3.33. The molecule has 4 nitrogen and oxygen atoms in total. The Kier molecular flexibility index (Phi) is 4.25. The first-order valence-electron chi connectivity index (χ1n) is 4.58. The van der Waals surface area contributed by atoms with Crippen molar-refractivity contribution in [3.63, 3.8) is 0 Å². The van der Waals surface area contributed by atoms with E-state index in [0.717, 1.165) is 5.75 Å². The molecule has 0 aliphatic heterocycles. The van der Waals surface area contributed by atoms with Crippen molar-refractivity contribution < 1.29 is 0 Å². The van der Waals surface area contributed by atoms with Crippen LogP contribution in [0.4, 0.5) is 11.5 Å². The largest absolute Gasteiger partial charge is 0.396 e. The Morgan fingerprint density at radius 3 is 3.00 bits per heavy atom. The predicted octanol–water partition coefficient (Wildman–Crippen LogP) is 1.70. The van der Waals surface area contributed by atoms with Gasteiger partial charge in [-0.2, -0.15) is 17.0 Å². The van der Waals surface area contributed by atoms with Gasteiger partial charge in [0.05, 0.1) is 11.3 Å². The van der Waals surface area contributed by atoms with E-state index in [-0.39, 0.29) is 0 Å². The second-order valence-corrected chi connectivity index (χ2v) is 4.19. The second kappa shape index (κ2) is 5.47. The molecule has 0 saturated carbocycles. The highest BCUT2D eigenvalue weighted by Gasteiger charge is 2.05. The maximum Gasteiger partial charge on any atom is 0.149 e. The number of nitriles is 1. The number of pyridine rings is 1. The third-order valence-electron chi connectivity index (χ3n) is 1.85. The minimum Gasteiger partial charge on any atom is -0.396 e. The van der Waals surface area contributed by atoms with Crippen LogP contribution in [0.2, 0.25) is 0 Å². The highest BCUT2D eigenvalue weighted by molar-refractivity contribution is 7.98. The Morgan fingerprint density at radius 2 is 2.47 bits per heavy atom. The molecule has 0 bridgehead atoms. The Labute approximate surface area is 93.9 Å². The van der Waals surface area contributed by atoms with Gasteiger partial charge in [-0.15, -0.1) is 0 Å². The van der Waals surface area contributed by atoms with Gasteiger partial charge in [-0.05, 0) is 19.2 Å². The number of nitrogens with one attached hydrogen (secondary N) is 1. The number of rotatable bonds is 4. The van der Waals surface area contributed by atoms with Gasteiger partial charge in [-0.25, -0.2) is 4.98 Å². The van der Waals surface area contributed by atoms with Gasteiger partial charge >= 0.3 is 0 Å². The van der Waals surface area contributed by atoms with Crippen molar-refractivity contribution in [1.82, 2.24) is 4.98 Å². The fraction of sp³-hybridized carbons (Fsp3) is 0.400. The van der Waals surface area contributed by atoms with Crippen molar-refractivity contribution in [3.05, 3.63) is 17.8 Å². The number of thioether (sulfide) groups is 1. The summed E-state index contributed by atoms with van der Waals surface area (Å²) in [5, 5.41) is 11.8. The van der Waals surface area contributed by atoms with Gasteiger partial charge in [0, 0.05) is 18.0 Å². The lowest BCUT2D eigenvalue weighted by Gasteiger charge is -2.14. The highest BCUT2D eigenvalue weighted by Crippen LogP contribution is 2.17. The molecule has 1 aromatic rings. The van der Waals surface area contributed by atoms with Gasteiger partial charge < -0.3 is 11.1 Å². The molecule has 80 valence electrons. The summed E-state index contributed by atoms with van der Waals surface area (Å²) in [4.78, 5) is 4.10. The van der Waals surface area contributed by atoms with Crippen LogP contribution >= 0.6 is 11.8 Å². The molecule has 1 aromatic heterocycles. The lowest BCUT2D eigenvalue weighted by atomic mass is 10.2. The Bertz CT molecular complexity index is 372. The van der Waals surface area contributed by atoms with E-state index in [1.165, 1.54) is 6.20 Å². The van der Waals surface area contributed by atoms with E-state index in [1.807, 2.05) is 12.3 Å². The van der Waals surface area contributed by atoms with Crippen LogP contribution in [0.15, 0.2) is 12.3 Å². The molecule has 0 aromatic carbocycles. The molecule has 0 aliphatic rings. The van der Waals surface area contributed by atoms with Gasteiger partial charge in [0.1, 0.15) is 11.9 Å². The topological polar surface area (TPSA) is 74.7 Å². The standard InChI is InChI=1S/C10H14N4S/c1-7(6-15-2)14-10-9(12)3-8(4-11)5-13-10/h3,5,7H,6,12H2,1-2H3,(H,13,14). The first kappa shape index (κ1) is 11.7. The van der Waals surface area contributed by atoms with Crippen molar-refractivity contribution in [2.75, 3.05) is 23.1 Å². The van der Waals surface area contributed by atoms with E-state index in [9.17, 15) is 0 Å². The monoisotopic (exact) mass is 222 g/mol. The fourth-order valence-electron chi connectivity index (χ4n) is 1.19. The van der Waals surface area contributed by atoms with E-state index in [0.29, 0.717) is 23.1 Å². The molecule has 0 radical (unpaired) electrons. The maximum absolute atomic E-state index is 8.65. The molecular formula is C10H14N4S. The van der Waals surface area contributed by atoms with Crippen LogP contribution in [0.3, 0.4) is 0 Å². The minimum atomic E-state index is 0.308. The Balaban J connectivity index is 2.74. The van der Waals surface area contributed by atoms with Gasteiger partial charge in [-0.1, -0.05) is 0 Å². The molecule has 15 heavy (non-hydrogen) atoms. The molecule has 1 unspecified atom stereocenters. The average molecular weight is 222 g/mol. The summed E-state index contributed by atoms with van der Waals surface area (Å²) in [6, 6.07) is 3.93. The van der Waals surface area contributed by atoms with E-state index >= 15 is 0 Å². The van der Waals surface area contributed by atoms with Crippen molar-refractivity contribution in [2.45, 2.75) is 13.0 Å². The van der Waals surface area contributed by atoms with E-state index in [4.69, 9.17) is 11.0 Å². The number of hydrogen-bond donors (Lipinski definition) is 2. The average Bonchev–Trinajstić information content (AvgIpc) is 2.21. The quantitative estimate of drug-likeness (QED) is 0.811. The summed E-state index contributed by atoms with van der Waals surface area (Å²) < 4.78 is 0. The molecule has 0 saturated heterocycles. The van der Waals surface area contributed by atoms with Crippen molar-refractivity contribution in [2.24, 2.45) is 0 Å². The molecule has 1 heterocycles. The summed E-state index contributed by atoms with van der Waals surface area (Å²) in [7, 11) is 0. The zero-order valence-electron chi connectivity index (χ0n) is 8.82. The second-order valence-electron chi connectivity index (χ2n) is 3.27. The maximum atomic E-state index is 8.65. The number of nitrogen functional groups attached to an aromatic ring is 1. The summed E-state index contributed by atoms with van der Waals surface area (Å²) in [5.41, 5.74) is 6.76. The van der Waals surface area contributed by atoms with Crippen molar-refractivity contribution in [1.29, 1.82) is 5.26 Å². The van der Waals surface area contributed by atoms with E-state index in [2.05, 4.69) is 17.2 Å². The number of nitrogens with two attached hydrogens (primary N) is 1. The molecule has 0 amide bonds. The molecule has 0 spiro atoms. The zero-order chi connectivity index (χ0) is 11.3. The SMILES string of the molecule is CSCC(C)Nc1ncc(C#N)cc1N.